The summed E-state index contributed by atoms with van der Waals surface area (Å²) < 4.78 is 7.70. The van der Waals surface area contributed by atoms with Gasteiger partial charge in [-0.25, -0.2) is 4.68 Å². The molecular weight excluding hydrogens is 489 g/mol. The molecule has 1 heterocycles. The minimum absolute atomic E-state index is 0. The van der Waals surface area contributed by atoms with Crippen LogP contribution in [0.25, 0.3) is 5.69 Å². The molecule has 160 valence electrons. The van der Waals surface area contributed by atoms with E-state index in [0.29, 0.717) is 25.7 Å². The van der Waals surface area contributed by atoms with Crippen molar-refractivity contribution in [1.29, 1.82) is 0 Å². The second-order valence-electron chi connectivity index (χ2n) is 6.99. The topological polar surface area (TPSA) is 63.5 Å². The molecule has 30 heavy (non-hydrogen) atoms. The molecule has 0 aliphatic heterocycles. The van der Waals surface area contributed by atoms with Gasteiger partial charge in [0.25, 0.3) is 0 Å². The van der Waals surface area contributed by atoms with E-state index in [4.69, 9.17) is 4.74 Å². The summed E-state index contributed by atoms with van der Waals surface area (Å²) in [6.45, 7) is 4.95. The van der Waals surface area contributed by atoms with Crippen molar-refractivity contribution in [3.05, 3.63) is 84.2 Å². The summed E-state index contributed by atoms with van der Waals surface area (Å²) in [4.78, 5) is 4.33. The molecule has 0 fully saturated rings. The second kappa shape index (κ2) is 13.0. The highest BCUT2D eigenvalue weighted by molar-refractivity contribution is 14.0. The summed E-state index contributed by atoms with van der Waals surface area (Å²) in [6.07, 6.45) is 3.73. The van der Waals surface area contributed by atoms with Gasteiger partial charge in [-0.1, -0.05) is 55.5 Å². The van der Waals surface area contributed by atoms with Crippen molar-refractivity contribution < 1.29 is 4.74 Å². The van der Waals surface area contributed by atoms with Crippen LogP contribution in [0.4, 0.5) is 0 Å². The third-order valence-electron chi connectivity index (χ3n) is 4.54. The van der Waals surface area contributed by atoms with Crippen molar-refractivity contribution in [3.8, 4) is 5.69 Å². The number of ether oxygens (including phenoxy) is 1. The first-order chi connectivity index (χ1) is 14.3. The number of guanidine groups is 1. The molecule has 3 aromatic rings. The number of aromatic nitrogens is 2. The molecule has 2 aromatic carbocycles. The van der Waals surface area contributed by atoms with Crippen molar-refractivity contribution in [2.24, 2.45) is 10.9 Å². The third kappa shape index (κ3) is 7.46. The van der Waals surface area contributed by atoms with Gasteiger partial charge in [0, 0.05) is 32.5 Å². The molecule has 2 N–H and O–H groups in total. The van der Waals surface area contributed by atoms with Gasteiger partial charge in [-0.3, -0.25) is 4.99 Å². The summed E-state index contributed by atoms with van der Waals surface area (Å²) in [5.74, 6) is 1.14. The zero-order valence-corrected chi connectivity index (χ0v) is 19.8. The monoisotopic (exact) mass is 519 g/mol. The average Bonchev–Trinajstić information content (AvgIpc) is 3.30. The third-order valence-corrected chi connectivity index (χ3v) is 4.54. The Bertz CT molecular complexity index is 884. The highest BCUT2D eigenvalue weighted by atomic mass is 127. The van der Waals surface area contributed by atoms with E-state index in [-0.39, 0.29) is 24.0 Å². The van der Waals surface area contributed by atoms with E-state index in [0.717, 1.165) is 23.8 Å². The van der Waals surface area contributed by atoms with Gasteiger partial charge in [-0.2, -0.15) is 5.10 Å². The molecule has 1 unspecified atom stereocenters. The van der Waals surface area contributed by atoms with Crippen LogP contribution in [0.15, 0.2) is 78.0 Å². The molecule has 0 saturated carbocycles. The summed E-state index contributed by atoms with van der Waals surface area (Å²) in [7, 11) is 1.78. The van der Waals surface area contributed by atoms with Crippen molar-refractivity contribution in [2.75, 3.05) is 20.2 Å². The van der Waals surface area contributed by atoms with Gasteiger partial charge in [0.15, 0.2) is 5.96 Å². The van der Waals surface area contributed by atoms with Crippen LogP contribution in [0.5, 0.6) is 0 Å². The Morgan fingerprint density at radius 3 is 2.57 bits per heavy atom. The molecule has 1 atom stereocenters. The van der Waals surface area contributed by atoms with Crippen LogP contribution in [0.2, 0.25) is 0 Å². The maximum atomic E-state index is 5.82. The van der Waals surface area contributed by atoms with Gasteiger partial charge in [0.05, 0.1) is 18.9 Å². The van der Waals surface area contributed by atoms with Crippen LogP contribution >= 0.6 is 24.0 Å². The van der Waals surface area contributed by atoms with E-state index < -0.39 is 0 Å². The summed E-state index contributed by atoms with van der Waals surface area (Å²) in [6, 6.07) is 20.4. The molecule has 0 radical (unpaired) electrons. The van der Waals surface area contributed by atoms with Crippen molar-refractivity contribution in [3.63, 3.8) is 0 Å². The zero-order chi connectivity index (χ0) is 20.3. The standard InChI is InChI=1S/C23H29N5O.HI/c1-19(17-29-18-20-9-4-3-5-10-20)15-25-23(24-2)26-16-21-11-6-7-12-22(21)28-14-8-13-27-28;/h3-14,19H,15-18H2,1-2H3,(H2,24,25,26);1H. The smallest absolute Gasteiger partial charge is 0.191 e. The maximum Gasteiger partial charge on any atom is 0.191 e. The SMILES string of the molecule is CN=C(NCc1ccccc1-n1cccn1)NCC(C)COCc1ccccc1.I. The predicted octanol–water partition coefficient (Wildman–Crippen LogP) is 4.01. The lowest BCUT2D eigenvalue weighted by molar-refractivity contribution is 0.0931. The summed E-state index contributed by atoms with van der Waals surface area (Å²) in [5, 5.41) is 11.1. The Labute approximate surface area is 195 Å². The van der Waals surface area contributed by atoms with Gasteiger partial charge in [0.2, 0.25) is 0 Å². The molecule has 3 rings (SSSR count). The number of nitrogens with zero attached hydrogens (tertiary/aromatic N) is 3. The van der Waals surface area contributed by atoms with E-state index in [1.807, 2.05) is 47.3 Å². The fourth-order valence-electron chi connectivity index (χ4n) is 2.98. The van der Waals surface area contributed by atoms with E-state index in [9.17, 15) is 0 Å². The molecule has 0 aliphatic rings. The lowest BCUT2D eigenvalue weighted by Gasteiger charge is -2.17. The second-order valence-corrected chi connectivity index (χ2v) is 6.99. The molecule has 0 amide bonds. The van der Waals surface area contributed by atoms with Crippen LogP contribution in [0, 0.1) is 5.92 Å². The number of halogens is 1. The van der Waals surface area contributed by atoms with Gasteiger partial charge in [0.1, 0.15) is 0 Å². The van der Waals surface area contributed by atoms with Crippen LogP contribution in [0.1, 0.15) is 18.1 Å². The Morgan fingerprint density at radius 1 is 1.07 bits per heavy atom. The van der Waals surface area contributed by atoms with Crippen LogP contribution in [-0.4, -0.2) is 35.9 Å². The number of para-hydroxylation sites is 1. The molecule has 0 bridgehead atoms. The minimum atomic E-state index is 0. The molecule has 0 spiro atoms. The number of nitrogens with one attached hydrogen (secondary N) is 2. The Hall–Kier alpha value is -2.39. The largest absolute Gasteiger partial charge is 0.376 e. The summed E-state index contributed by atoms with van der Waals surface area (Å²) in [5.41, 5.74) is 3.41. The zero-order valence-electron chi connectivity index (χ0n) is 17.5. The fourth-order valence-corrected chi connectivity index (χ4v) is 2.98. The molecule has 0 saturated heterocycles. The normalized spacial score (nSPS) is 12.1. The maximum absolute atomic E-state index is 5.82. The van der Waals surface area contributed by atoms with E-state index in [1.54, 1.807) is 13.2 Å². The van der Waals surface area contributed by atoms with Gasteiger partial charge >= 0.3 is 0 Å². The lowest BCUT2D eigenvalue weighted by Crippen LogP contribution is -2.39. The number of hydrogen-bond donors (Lipinski definition) is 2. The predicted molar refractivity (Wildman–Crippen MR) is 132 cm³/mol. The van der Waals surface area contributed by atoms with Gasteiger partial charge in [-0.15, -0.1) is 24.0 Å². The van der Waals surface area contributed by atoms with Crippen molar-refractivity contribution in [1.82, 2.24) is 20.4 Å². The number of benzene rings is 2. The van der Waals surface area contributed by atoms with E-state index >= 15 is 0 Å². The van der Waals surface area contributed by atoms with Gasteiger partial charge < -0.3 is 15.4 Å². The molecule has 1 aromatic heterocycles. The van der Waals surface area contributed by atoms with Crippen LogP contribution in [-0.2, 0) is 17.9 Å². The first kappa shape index (κ1) is 23.9. The number of rotatable bonds is 9. The van der Waals surface area contributed by atoms with Crippen molar-refractivity contribution in [2.45, 2.75) is 20.1 Å². The van der Waals surface area contributed by atoms with Crippen LogP contribution in [0.3, 0.4) is 0 Å². The molecule has 6 nitrogen and oxygen atoms in total. The summed E-state index contributed by atoms with van der Waals surface area (Å²) >= 11 is 0. The average molecular weight is 519 g/mol. The Morgan fingerprint density at radius 2 is 1.83 bits per heavy atom. The first-order valence-corrected chi connectivity index (χ1v) is 9.90. The Kier molecular flexibility index (Phi) is 10.4. The lowest BCUT2D eigenvalue weighted by atomic mass is 10.2. The van der Waals surface area contributed by atoms with Crippen molar-refractivity contribution >= 4 is 29.9 Å². The molecule has 0 aliphatic carbocycles. The van der Waals surface area contributed by atoms with E-state index in [2.05, 4.69) is 51.9 Å². The first-order valence-electron chi connectivity index (χ1n) is 9.90. The number of aliphatic imine (C=N–C) groups is 1. The number of hydrogen-bond acceptors (Lipinski definition) is 3. The highest BCUT2D eigenvalue weighted by Crippen LogP contribution is 2.13. The highest BCUT2D eigenvalue weighted by Gasteiger charge is 2.07. The van der Waals surface area contributed by atoms with Crippen LogP contribution < -0.4 is 10.6 Å². The van der Waals surface area contributed by atoms with Gasteiger partial charge in [-0.05, 0) is 29.2 Å². The Balaban J connectivity index is 0.00000320. The van der Waals surface area contributed by atoms with E-state index in [1.165, 1.54) is 5.56 Å². The quantitative estimate of drug-likeness (QED) is 0.255. The fraction of sp³-hybridized carbons (Fsp3) is 0.304. The minimum Gasteiger partial charge on any atom is -0.376 e. The molecule has 7 heteroatoms. The molecular formula is C23H30IN5O.